The standard InChI is InChI=1S/C20H19ClN4O3S/c1-25(12-17(26)22-16-10-6-5-9-15(16)21)19(27)13-29-20-24-23-18(28-20)11-14-7-3-2-4-8-14/h2-10H,11-13H2,1H3,(H,22,26). The van der Waals surface area contributed by atoms with Gasteiger partial charge in [0.05, 0.1) is 29.4 Å². The van der Waals surface area contributed by atoms with Crippen molar-refractivity contribution in [3.8, 4) is 0 Å². The Morgan fingerprint density at radius 2 is 1.83 bits per heavy atom. The molecule has 0 saturated carbocycles. The van der Waals surface area contributed by atoms with Crippen molar-refractivity contribution >= 4 is 40.9 Å². The molecule has 0 radical (unpaired) electrons. The molecule has 0 aliphatic rings. The second kappa shape index (κ2) is 10.1. The largest absolute Gasteiger partial charge is 0.416 e. The van der Waals surface area contributed by atoms with Crippen molar-refractivity contribution in [1.82, 2.24) is 15.1 Å². The Hall–Kier alpha value is -2.84. The van der Waals surface area contributed by atoms with Gasteiger partial charge in [-0.1, -0.05) is 65.8 Å². The smallest absolute Gasteiger partial charge is 0.277 e. The van der Waals surface area contributed by atoms with Gasteiger partial charge in [-0.05, 0) is 17.7 Å². The average Bonchev–Trinajstić information content (AvgIpc) is 3.16. The van der Waals surface area contributed by atoms with Crippen LogP contribution in [0.2, 0.25) is 5.02 Å². The molecule has 1 aromatic heterocycles. The Bertz CT molecular complexity index is 981. The highest BCUT2D eigenvalue weighted by atomic mass is 35.5. The van der Waals surface area contributed by atoms with E-state index in [2.05, 4.69) is 15.5 Å². The van der Waals surface area contributed by atoms with Gasteiger partial charge in [0.2, 0.25) is 17.7 Å². The molecule has 1 heterocycles. The number of nitrogens with zero attached hydrogens (tertiary/aromatic N) is 3. The number of likely N-dealkylation sites (N-methyl/N-ethyl adjacent to an activating group) is 1. The minimum atomic E-state index is -0.332. The maximum absolute atomic E-state index is 12.3. The van der Waals surface area contributed by atoms with E-state index < -0.39 is 0 Å². The Morgan fingerprint density at radius 1 is 1.10 bits per heavy atom. The monoisotopic (exact) mass is 430 g/mol. The van der Waals surface area contributed by atoms with Crippen LogP contribution in [0.1, 0.15) is 11.5 Å². The highest BCUT2D eigenvalue weighted by molar-refractivity contribution is 7.99. The van der Waals surface area contributed by atoms with Gasteiger partial charge < -0.3 is 14.6 Å². The quantitative estimate of drug-likeness (QED) is 0.550. The van der Waals surface area contributed by atoms with Crippen molar-refractivity contribution < 1.29 is 14.0 Å². The molecule has 0 unspecified atom stereocenters. The van der Waals surface area contributed by atoms with Crippen molar-refractivity contribution in [3.63, 3.8) is 0 Å². The van der Waals surface area contributed by atoms with Gasteiger partial charge in [-0.3, -0.25) is 9.59 Å². The van der Waals surface area contributed by atoms with Gasteiger partial charge in [0.25, 0.3) is 5.22 Å². The summed E-state index contributed by atoms with van der Waals surface area (Å²) in [5, 5.41) is 11.4. The molecule has 1 N–H and O–H groups in total. The number of hydrogen-bond acceptors (Lipinski definition) is 6. The number of halogens is 1. The number of carbonyl (C=O) groups is 2. The molecule has 0 aliphatic carbocycles. The van der Waals surface area contributed by atoms with Crippen LogP contribution in [0.25, 0.3) is 0 Å². The lowest BCUT2D eigenvalue weighted by Crippen LogP contribution is -2.36. The first-order valence-electron chi connectivity index (χ1n) is 8.78. The Balaban J connectivity index is 1.45. The predicted octanol–water partition coefficient (Wildman–Crippen LogP) is 3.50. The first-order chi connectivity index (χ1) is 14.0. The molecule has 0 spiro atoms. The van der Waals surface area contributed by atoms with Crippen LogP contribution >= 0.6 is 23.4 Å². The van der Waals surface area contributed by atoms with Gasteiger partial charge in [-0.2, -0.15) is 0 Å². The summed E-state index contributed by atoms with van der Waals surface area (Å²) in [5.41, 5.74) is 1.57. The summed E-state index contributed by atoms with van der Waals surface area (Å²) in [7, 11) is 1.56. The van der Waals surface area contributed by atoms with Gasteiger partial charge in [-0.25, -0.2) is 0 Å². The van der Waals surface area contributed by atoms with Crippen LogP contribution in [-0.2, 0) is 16.0 Å². The zero-order valence-corrected chi connectivity index (χ0v) is 17.2. The zero-order chi connectivity index (χ0) is 20.6. The molecule has 0 bridgehead atoms. The summed E-state index contributed by atoms with van der Waals surface area (Å²) in [4.78, 5) is 25.7. The summed E-state index contributed by atoms with van der Waals surface area (Å²) < 4.78 is 5.57. The molecule has 3 aromatic rings. The number of aromatic nitrogens is 2. The summed E-state index contributed by atoms with van der Waals surface area (Å²) in [5.74, 6) is 0.00988. The van der Waals surface area contributed by atoms with Crippen molar-refractivity contribution in [2.45, 2.75) is 11.6 Å². The number of thioether (sulfide) groups is 1. The number of amides is 2. The maximum Gasteiger partial charge on any atom is 0.277 e. The number of para-hydroxylation sites is 1. The Labute approximate surface area is 177 Å². The SMILES string of the molecule is CN(CC(=O)Nc1ccccc1Cl)C(=O)CSc1nnc(Cc2ccccc2)o1. The van der Waals surface area contributed by atoms with Crippen LogP contribution in [0.5, 0.6) is 0 Å². The fourth-order valence-electron chi connectivity index (χ4n) is 2.43. The van der Waals surface area contributed by atoms with Crippen LogP contribution in [0, 0.1) is 0 Å². The fourth-order valence-corrected chi connectivity index (χ4v) is 3.33. The third kappa shape index (κ3) is 6.33. The van der Waals surface area contributed by atoms with Gasteiger partial charge in [0.1, 0.15) is 0 Å². The van der Waals surface area contributed by atoms with E-state index in [1.165, 1.54) is 4.90 Å². The molecule has 2 aromatic carbocycles. The topological polar surface area (TPSA) is 88.3 Å². The highest BCUT2D eigenvalue weighted by Crippen LogP contribution is 2.20. The van der Waals surface area contributed by atoms with E-state index in [9.17, 15) is 9.59 Å². The lowest BCUT2D eigenvalue weighted by Gasteiger charge is -2.16. The van der Waals surface area contributed by atoms with E-state index in [1.807, 2.05) is 30.3 Å². The molecule has 0 aliphatic heterocycles. The number of nitrogens with one attached hydrogen (secondary N) is 1. The lowest BCUT2D eigenvalue weighted by molar-refractivity contribution is -0.131. The fraction of sp³-hybridized carbons (Fsp3) is 0.200. The lowest BCUT2D eigenvalue weighted by atomic mass is 10.2. The molecule has 2 amide bonds. The Kier molecular flexibility index (Phi) is 7.26. The molecule has 150 valence electrons. The molecule has 7 nitrogen and oxygen atoms in total. The number of hydrogen-bond donors (Lipinski definition) is 1. The summed E-state index contributed by atoms with van der Waals surface area (Å²) in [6.07, 6.45) is 0.532. The van der Waals surface area contributed by atoms with Crippen molar-refractivity contribution in [2.24, 2.45) is 0 Å². The summed E-state index contributed by atoms with van der Waals surface area (Å²) in [6, 6.07) is 16.7. The van der Waals surface area contributed by atoms with E-state index in [0.29, 0.717) is 28.2 Å². The maximum atomic E-state index is 12.3. The van der Waals surface area contributed by atoms with E-state index in [-0.39, 0.29) is 24.1 Å². The minimum absolute atomic E-state index is 0.0862. The Morgan fingerprint density at radius 3 is 2.59 bits per heavy atom. The molecule has 0 saturated heterocycles. The van der Waals surface area contributed by atoms with Crippen molar-refractivity contribution in [2.75, 3.05) is 24.7 Å². The van der Waals surface area contributed by atoms with Crippen LogP contribution in [-0.4, -0.2) is 46.3 Å². The number of carbonyl (C=O) groups excluding carboxylic acids is 2. The minimum Gasteiger partial charge on any atom is -0.416 e. The first-order valence-corrected chi connectivity index (χ1v) is 10.1. The van der Waals surface area contributed by atoms with Crippen LogP contribution in [0.3, 0.4) is 0 Å². The summed E-state index contributed by atoms with van der Waals surface area (Å²) in [6.45, 7) is -0.0896. The van der Waals surface area contributed by atoms with Gasteiger partial charge >= 0.3 is 0 Å². The van der Waals surface area contributed by atoms with Crippen LogP contribution in [0.15, 0.2) is 64.2 Å². The second-order valence-corrected chi connectivity index (χ2v) is 7.52. The van der Waals surface area contributed by atoms with Gasteiger partial charge in [-0.15, -0.1) is 10.2 Å². The third-order valence-electron chi connectivity index (χ3n) is 3.92. The molecular formula is C20H19ClN4O3S. The molecule has 0 fully saturated rings. The first kappa shape index (κ1) is 20.9. The van der Waals surface area contributed by atoms with Crippen LogP contribution in [0.4, 0.5) is 5.69 Å². The molecule has 0 atom stereocenters. The van der Waals surface area contributed by atoms with Gasteiger partial charge in [0.15, 0.2) is 0 Å². The summed E-state index contributed by atoms with van der Waals surface area (Å²) >= 11 is 7.15. The van der Waals surface area contributed by atoms with Crippen molar-refractivity contribution in [1.29, 1.82) is 0 Å². The molecular weight excluding hydrogens is 412 g/mol. The van der Waals surface area contributed by atoms with Crippen LogP contribution < -0.4 is 5.32 Å². The van der Waals surface area contributed by atoms with Gasteiger partial charge in [0, 0.05) is 7.05 Å². The normalized spacial score (nSPS) is 10.6. The highest BCUT2D eigenvalue weighted by Gasteiger charge is 2.16. The average molecular weight is 431 g/mol. The van der Waals surface area contributed by atoms with Crippen molar-refractivity contribution in [3.05, 3.63) is 71.1 Å². The molecule has 9 heteroatoms. The predicted molar refractivity (Wildman–Crippen MR) is 112 cm³/mol. The van der Waals surface area contributed by atoms with E-state index >= 15 is 0 Å². The molecule has 3 rings (SSSR count). The number of rotatable bonds is 8. The molecule has 29 heavy (non-hydrogen) atoms. The second-order valence-electron chi connectivity index (χ2n) is 6.19. The third-order valence-corrected chi connectivity index (χ3v) is 5.05. The zero-order valence-electron chi connectivity index (χ0n) is 15.7. The number of anilines is 1. The van der Waals surface area contributed by atoms with E-state index in [0.717, 1.165) is 17.3 Å². The number of benzene rings is 2. The van der Waals surface area contributed by atoms with E-state index in [4.69, 9.17) is 16.0 Å². The van der Waals surface area contributed by atoms with E-state index in [1.54, 1.807) is 31.3 Å².